The summed E-state index contributed by atoms with van der Waals surface area (Å²) in [4.78, 5) is 10.2. The zero-order chi connectivity index (χ0) is 13.2. The maximum absolute atomic E-state index is 10.2. The van der Waals surface area contributed by atoms with Crippen LogP contribution in [-0.2, 0) is 4.79 Å². The molecule has 0 atom stereocenters. The van der Waals surface area contributed by atoms with Crippen molar-refractivity contribution in [2.45, 2.75) is 19.8 Å². The molecule has 0 bridgehead atoms. The Bertz CT molecular complexity index is 416. The fourth-order valence-electron chi connectivity index (χ4n) is 1.31. The van der Waals surface area contributed by atoms with E-state index >= 15 is 0 Å². The van der Waals surface area contributed by atoms with E-state index in [4.69, 9.17) is 9.84 Å². The van der Waals surface area contributed by atoms with Crippen molar-refractivity contribution in [2.75, 3.05) is 6.61 Å². The van der Waals surface area contributed by atoms with E-state index in [-0.39, 0.29) is 0 Å². The molecule has 18 heavy (non-hydrogen) atoms. The minimum Gasteiger partial charge on any atom is -0.494 e. The van der Waals surface area contributed by atoms with Crippen LogP contribution in [0.3, 0.4) is 0 Å². The summed E-state index contributed by atoms with van der Waals surface area (Å²) in [7, 11) is 0. The number of carbonyl (C=O) groups is 1. The molecule has 0 unspecified atom stereocenters. The third-order valence-corrected chi connectivity index (χ3v) is 2.29. The Balaban J connectivity index is 2.47. The van der Waals surface area contributed by atoms with Gasteiger partial charge in [-0.15, -0.1) is 0 Å². The molecule has 0 aliphatic carbocycles. The number of unbranched alkanes of at least 4 members (excludes halogenated alkanes) is 1. The number of allylic oxidation sites excluding steroid dienone is 2. The van der Waals surface area contributed by atoms with Gasteiger partial charge in [0.05, 0.1) is 6.61 Å². The minimum absolute atomic E-state index is 0.743. The Labute approximate surface area is 107 Å². The lowest BCUT2D eigenvalue weighted by Gasteiger charge is -2.04. The highest BCUT2D eigenvalue weighted by Gasteiger charge is 1.92. The van der Waals surface area contributed by atoms with Crippen molar-refractivity contribution < 1.29 is 14.6 Å². The van der Waals surface area contributed by atoms with Crippen molar-refractivity contribution in [2.24, 2.45) is 0 Å². The molecule has 3 heteroatoms. The predicted molar refractivity (Wildman–Crippen MR) is 72.7 cm³/mol. The average molecular weight is 246 g/mol. The topological polar surface area (TPSA) is 46.5 Å². The Morgan fingerprint density at radius 1 is 1.28 bits per heavy atom. The summed E-state index contributed by atoms with van der Waals surface area (Å²) in [5.41, 5.74) is 1.01. The van der Waals surface area contributed by atoms with Crippen molar-refractivity contribution in [1.29, 1.82) is 0 Å². The van der Waals surface area contributed by atoms with Gasteiger partial charge < -0.3 is 9.84 Å². The number of hydrogen-bond donors (Lipinski definition) is 1. The van der Waals surface area contributed by atoms with E-state index in [1.165, 1.54) is 6.08 Å². The summed E-state index contributed by atoms with van der Waals surface area (Å²) < 4.78 is 5.54. The van der Waals surface area contributed by atoms with Crippen molar-refractivity contribution >= 4 is 12.0 Å². The first-order valence-corrected chi connectivity index (χ1v) is 6.03. The molecule has 0 heterocycles. The molecule has 0 saturated heterocycles. The molecule has 3 nitrogen and oxygen atoms in total. The molecule has 1 aromatic carbocycles. The second-order valence-corrected chi connectivity index (χ2v) is 3.83. The maximum atomic E-state index is 10.2. The molecular weight excluding hydrogens is 228 g/mol. The summed E-state index contributed by atoms with van der Waals surface area (Å²) in [5.74, 6) is -0.0824. The molecule has 0 saturated carbocycles. The second-order valence-electron chi connectivity index (χ2n) is 3.83. The number of aliphatic carboxylic acids is 1. The van der Waals surface area contributed by atoms with Crippen LogP contribution in [0.5, 0.6) is 5.75 Å². The molecule has 1 N–H and O–H groups in total. The van der Waals surface area contributed by atoms with Crippen molar-refractivity contribution in [3.05, 3.63) is 48.1 Å². The predicted octanol–water partition coefficient (Wildman–Crippen LogP) is 3.52. The summed E-state index contributed by atoms with van der Waals surface area (Å²) in [6, 6.07) is 7.70. The lowest BCUT2D eigenvalue weighted by Crippen LogP contribution is -1.95. The number of hydrogen-bond acceptors (Lipinski definition) is 2. The van der Waals surface area contributed by atoms with E-state index in [0.29, 0.717) is 0 Å². The fraction of sp³-hybridized carbons (Fsp3) is 0.267. The molecule has 0 amide bonds. The van der Waals surface area contributed by atoms with Gasteiger partial charge in [-0.3, -0.25) is 0 Å². The Morgan fingerprint density at radius 2 is 2.00 bits per heavy atom. The van der Waals surface area contributed by atoms with Crippen LogP contribution in [0.15, 0.2) is 42.5 Å². The molecule has 0 aliphatic rings. The highest BCUT2D eigenvalue weighted by molar-refractivity contribution is 5.80. The fourth-order valence-corrected chi connectivity index (χ4v) is 1.31. The summed E-state index contributed by atoms with van der Waals surface area (Å²) in [6.45, 7) is 2.87. The van der Waals surface area contributed by atoms with E-state index in [2.05, 4.69) is 6.92 Å². The summed E-state index contributed by atoms with van der Waals surface area (Å²) in [6.07, 6.45) is 8.31. The van der Waals surface area contributed by atoms with Crippen LogP contribution < -0.4 is 4.74 Å². The Hall–Kier alpha value is -2.03. The summed E-state index contributed by atoms with van der Waals surface area (Å²) in [5, 5.41) is 8.41. The van der Waals surface area contributed by atoms with E-state index in [0.717, 1.165) is 36.8 Å². The SMILES string of the molecule is CCCCOc1ccc(/C=C/C=C/C(=O)O)cc1. The highest BCUT2D eigenvalue weighted by Crippen LogP contribution is 2.13. The van der Waals surface area contributed by atoms with Crippen LogP contribution in [0.2, 0.25) is 0 Å². The van der Waals surface area contributed by atoms with Gasteiger partial charge in [0, 0.05) is 6.08 Å². The molecule has 0 spiro atoms. The first-order chi connectivity index (χ1) is 8.72. The molecule has 0 radical (unpaired) electrons. The van der Waals surface area contributed by atoms with Gasteiger partial charge in [-0.1, -0.05) is 43.7 Å². The largest absolute Gasteiger partial charge is 0.494 e. The lowest BCUT2D eigenvalue weighted by atomic mass is 10.2. The first-order valence-electron chi connectivity index (χ1n) is 6.03. The molecule has 1 aromatic rings. The van der Waals surface area contributed by atoms with E-state index in [1.54, 1.807) is 6.08 Å². The van der Waals surface area contributed by atoms with Crippen LogP contribution >= 0.6 is 0 Å². The number of ether oxygens (including phenoxy) is 1. The quantitative estimate of drug-likeness (QED) is 0.455. The van der Waals surface area contributed by atoms with Gasteiger partial charge in [0.2, 0.25) is 0 Å². The van der Waals surface area contributed by atoms with Crippen molar-refractivity contribution in [1.82, 2.24) is 0 Å². The van der Waals surface area contributed by atoms with Crippen LogP contribution in [0.1, 0.15) is 25.3 Å². The molecule has 0 aromatic heterocycles. The number of carboxylic acids is 1. The van der Waals surface area contributed by atoms with Gasteiger partial charge in [-0.05, 0) is 24.1 Å². The van der Waals surface area contributed by atoms with E-state index < -0.39 is 5.97 Å². The van der Waals surface area contributed by atoms with Gasteiger partial charge in [-0.25, -0.2) is 4.79 Å². The van der Waals surface area contributed by atoms with E-state index in [1.807, 2.05) is 30.3 Å². The first kappa shape index (κ1) is 14.0. The molecule has 0 fully saturated rings. The van der Waals surface area contributed by atoms with Gasteiger partial charge in [-0.2, -0.15) is 0 Å². The standard InChI is InChI=1S/C15H18O3/c1-2-3-12-18-14-10-8-13(9-11-14)6-4-5-7-15(16)17/h4-11H,2-3,12H2,1H3,(H,16,17)/b6-4+,7-5+. The third-order valence-electron chi connectivity index (χ3n) is 2.29. The number of carboxylic acid groups (broad SMARTS) is 1. The zero-order valence-electron chi connectivity index (χ0n) is 10.5. The van der Waals surface area contributed by atoms with Crippen LogP contribution in [0, 0.1) is 0 Å². The van der Waals surface area contributed by atoms with Gasteiger partial charge in [0.15, 0.2) is 0 Å². The Kier molecular flexibility index (Phi) is 6.33. The molecular formula is C15H18O3. The lowest BCUT2D eigenvalue weighted by molar-refractivity contribution is -0.131. The maximum Gasteiger partial charge on any atom is 0.328 e. The van der Waals surface area contributed by atoms with Crippen molar-refractivity contribution in [3.8, 4) is 5.75 Å². The highest BCUT2D eigenvalue weighted by atomic mass is 16.5. The van der Waals surface area contributed by atoms with Crippen molar-refractivity contribution in [3.63, 3.8) is 0 Å². The second kappa shape index (κ2) is 8.12. The number of rotatable bonds is 7. The summed E-state index contributed by atoms with van der Waals surface area (Å²) >= 11 is 0. The monoisotopic (exact) mass is 246 g/mol. The zero-order valence-corrected chi connectivity index (χ0v) is 10.5. The molecule has 0 aliphatic heterocycles. The van der Waals surface area contributed by atoms with Crippen LogP contribution in [-0.4, -0.2) is 17.7 Å². The van der Waals surface area contributed by atoms with E-state index in [9.17, 15) is 4.79 Å². The normalized spacial score (nSPS) is 11.2. The third kappa shape index (κ3) is 5.89. The van der Waals surface area contributed by atoms with Gasteiger partial charge >= 0.3 is 5.97 Å². The Morgan fingerprint density at radius 3 is 2.61 bits per heavy atom. The van der Waals surface area contributed by atoms with Gasteiger partial charge in [0.25, 0.3) is 0 Å². The molecule has 1 rings (SSSR count). The van der Waals surface area contributed by atoms with Gasteiger partial charge in [0.1, 0.15) is 5.75 Å². The smallest absolute Gasteiger partial charge is 0.328 e. The number of benzene rings is 1. The van der Waals surface area contributed by atoms with Crippen LogP contribution in [0.4, 0.5) is 0 Å². The minimum atomic E-state index is -0.945. The van der Waals surface area contributed by atoms with Crippen LogP contribution in [0.25, 0.3) is 6.08 Å². The average Bonchev–Trinajstić information content (AvgIpc) is 2.36. The molecule has 96 valence electrons.